The maximum Gasteiger partial charge on any atom is 0.340 e. The number of nitrogen functional groups attached to an aromatic ring is 1. The molecule has 0 aliphatic rings. The summed E-state index contributed by atoms with van der Waals surface area (Å²) < 4.78 is 6.54. The fourth-order valence-corrected chi connectivity index (χ4v) is 1.95. The van der Waals surface area contributed by atoms with Crippen LogP contribution in [0, 0.1) is 0 Å². The summed E-state index contributed by atoms with van der Waals surface area (Å²) in [5, 5.41) is 7.46. The van der Waals surface area contributed by atoms with Crippen molar-refractivity contribution in [3.63, 3.8) is 0 Å². The van der Waals surface area contributed by atoms with Crippen LogP contribution in [0.5, 0.6) is 0 Å². The van der Waals surface area contributed by atoms with Crippen molar-refractivity contribution in [3.8, 4) is 0 Å². The first-order valence-electron chi connectivity index (χ1n) is 6.32. The van der Waals surface area contributed by atoms with Gasteiger partial charge < -0.3 is 15.8 Å². The Hall–Kier alpha value is -2.50. The minimum atomic E-state index is -0.439. The third-order valence-electron chi connectivity index (χ3n) is 2.89. The van der Waals surface area contributed by atoms with Gasteiger partial charge >= 0.3 is 5.97 Å². The third kappa shape index (κ3) is 3.28. The van der Waals surface area contributed by atoms with E-state index in [9.17, 15) is 4.79 Å². The second kappa shape index (κ2) is 6.10. The van der Waals surface area contributed by atoms with Gasteiger partial charge in [-0.3, -0.25) is 4.68 Å². The topological polar surface area (TPSA) is 82.2 Å². The van der Waals surface area contributed by atoms with E-state index in [4.69, 9.17) is 10.5 Å². The van der Waals surface area contributed by atoms with Gasteiger partial charge in [0.2, 0.25) is 0 Å². The van der Waals surface area contributed by atoms with Gasteiger partial charge in [-0.2, -0.15) is 5.10 Å². The number of anilines is 2. The molecule has 1 unspecified atom stereocenters. The molecule has 6 nitrogen and oxygen atoms in total. The molecule has 2 aromatic rings. The van der Waals surface area contributed by atoms with Crippen molar-refractivity contribution in [1.29, 1.82) is 0 Å². The van der Waals surface area contributed by atoms with Crippen LogP contribution in [-0.4, -0.2) is 28.9 Å². The Labute approximate surface area is 117 Å². The molecule has 0 fully saturated rings. The fourth-order valence-electron chi connectivity index (χ4n) is 1.95. The zero-order valence-electron chi connectivity index (χ0n) is 11.5. The number of methoxy groups -OCH3 is 1. The molecule has 106 valence electrons. The lowest BCUT2D eigenvalue weighted by Gasteiger charge is -2.16. The van der Waals surface area contributed by atoms with Gasteiger partial charge in [0.1, 0.15) is 0 Å². The minimum absolute atomic E-state index is 0.157. The van der Waals surface area contributed by atoms with Crippen LogP contribution < -0.4 is 11.1 Å². The third-order valence-corrected chi connectivity index (χ3v) is 2.89. The number of rotatable bonds is 5. The average molecular weight is 274 g/mol. The highest BCUT2D eigenvalue weighted by Crippen LogP contribution is 2.19. The Morgan fingerprint density at radius 2 is 2.35 bits per heavy atom. The fraction of sp³-hybridized carbons (Fsp3) is 0.286. The summed E-state index contributed by atoms with van der Waals surface area (Å²) in [5.41, 5.74) is 7.35. The lowest BCUT2D eigenvalue weighted by Crippen LogP contribution is -2.22. The SMILES string of the molecule is COC(=O)c1cc(NC(C)Cn2cccn2)ccc1N. The van der Waals surface area contributed by atoms with Crippen LogP contribution in [0.25, 0.3) is 0 Å². The van der Waals surface area contributed by atoms with Crippen molar-refractivity contribution in [1.82, 2.24) is 9.78 Å². The van der Waals surface area contributed by atoms with Gasteiger partial charge in [0, 0.05) is 29.8 Å². The predicted molar refractivity (Wildman–Crippen MR) is 77.5 cm³/mol. The first-order valence-corrected chi connectivity index (χ1v) is 6.32. The standard InChI is InChI=1S/C14H18N4O2/c1-10(9-18-7-3-6-16-18)17-11-4-5-13(15)12(8-11)14(19)20-2/h3-8,10,17H,9,15H2,1-2H3. The van der Waals surface area contributed by atoms with Gasteiger partial charge in [-0.1, -0.05) is 0 Å². The van der Waals surface area contributed by atoms with Gasteiger partial charge in [0.25, 0.3) is 0 Å². The molecule has 20 heavy (non-hydrogen) atoms. The van der Waals surface area contributed by atoms with E-state index in [2.05, 4.69) is 10.4 Å². The lowest BCUT2D eigenvalue weighted by molar-refractivity contribution is 0.0602. The molecule has 1 aromatic heterocycles. The van der Waals surface area contributed by atoms with E-state index >= 15 is 0 Å². The Kier molecular flexibility index (Phi) is 4.24. The van der Waals surface area contributed by atoms with E-state index in [-0.39, 0.29) is 6.04 Å². The molecule has 0 spiro atoms. The molecule has 0 bridgehead atoms. The average Bonchev–Trinajstić information content (AvgIpc) is 2.92. The molecule has 0 amide bonds. The lowest BCUT2D eigenvalue weighted by atomic mass is 10.1. The van der Waals surface area contributed by atoms with Crippen LogP contribution in [0.3, 0.4) is 0 Å². The molecule has 2 rings (SSSR count). The van der Waals surface area contributed by atoms with Crippen molar-refractivity contribution >= 4 is 17.3 Å². The summed E-state index contributed by atoms with van der Waals surface area (Å²) in [4.78, 5) is 11.6. The highest BCUT2D eigenvalue weighted by atomic mass is 16.5. The number of esters is 1. The van der Waals surface area contributed by atoms with Crippen LogP contribution in [0.4, 0.5) is 11.4 Å². The van der Waals surface area contributed by atoms with Gasteiger partial charge in [0.15, 0.2) is 0 Å². The quantitative estimate of drug-likeness (QED) is 0.641. The molecule has 0 aliphatic heterocycles. The molecule has 0 aliphatic carbocycles. The van der Waals surface area contributed by atoms with Crippen molar-refractivity contribution < 1.29 is 9.53 Å². The second-order valence-electron chi connectivity index (χ2n) is 4.57. The number of benzene rings is 1. The Morgan fingerprint density at radius 1 is 1.55 bits per heavy atom. The summed E-state index contributed by atoms with van der Waals surface area (Å²) in [5.74, 6) is -0.439. The van der Waals surface area contributed by atoms with Crippen LogP contribution in [0.2, 0.25) is 0 Å². The summed E-state index contributed by atoms with van der Waals surface area (Å²) in [6.07, 6.45) is 3.65. The Bertz CT molecular complexity index is 581. The number of carbonyl (C=O) groups excluding carboxylic acids is 1. The van der Waals surface area contributed by atoms with Crippen molar-refractivity contribution in [3.05, 3.63) is 42.2 Å². The molecule has 0 radical (unpaired) electrons. The van der Waals surface area contributed by atoms with E-state index in [1.165, 1.54) is 7.11 Å². The van der Waals surface area contributed by atoms with Crippen molar-refractivity contribution in [2.45, 2.75) is 19.5 Å². The highest BCUT2D eigenvalue weighted by Gasteiger charge is 2.11. The second-order valence-corrected chi connectivity index (χ2v) is 4.57. The van der Waals surface area contributed by atoms with Crippen LogP contribution in [-0.2, 0) is 11.3 Å². The van der Waals surface area contributed by atoms with Crippen molar-refractivity contribution in [2.75, 3.05) is 18.2 Å². The van der Waals surface area contributed by atoms with Crippen LogP contribution >= 0.6 is 0 Å². The summed E-state index contributed by atoms with van der Waals surface area (Å²) in [6.45, 7) is 2.76. The molecule has 1 heterocycles. The van der Waals surface area contributed by atoms with Gasteiger partial charge in [-0.05, 0) is 31.2 Å². The number of hydrogen-bond acceptors (Lipinski definition) is 5. The van der Waals surface area contributed by atoms with E-state index in [1.54, 1.807) is 18.3 Å². The number of nitrogens with two attached hydrogens (primary N) is 1. The number of carbonyl (C=O) groups is 1. The molecule has 1 aromatic carbocycles. The molecule has 3 N–H and O–H groups in total. The maximum atomic E-state index is 11.6. The van der Waals surface area contributed by atoms with Gasteiger partial charge in [0.05, 0.1) is 19.2 Å². The van der Waals surface area contributed by atoms with E-state index in [1.807, 2.05) is 29.9 Å². The summed E-state index contributed by atoms with van der Waals surface area (Å²) in [6, 6.07) is 7.26. The summed E-state index contributed by atoms with van der Waals surface area (Å²) in [7, 11) is 1.34. The highest BCUT2D eigenvalue weighted by molar-refractivity contribution is 5.96. The molecule has 1 atom stereocenters. The monoisotopic (exact) mass is 274 g/mol. The van der Waals surface area contributed by atoms with Crippen LogP contribution in [0.15, 0.2) is 36.7 Å². The number of aromatic nitrogens is 2. The molecule has 0 saturated carbocycles. The smallest absolute Gasteiger partial charge is 0.340 e. The number of hydrogen-bond donors (Lipinski definition) is 2. The first-order chi connectivity index (χ1) is 9.60. The molecular weight excluding hydrogens is 256 g/mol. The number of nitrogens with one attached hydrogen (secondary N) is 1. The van der Waals surface area contributed by atoms with E-state index < -0.39 is 5.97 Å². The van der Waals surface area contributed by atoms with Crippen molar-refractivity contribution in [2.24, 2.45) is 0 Å². The first kappa shape index (κ1) is 13.9. The van der Waals surface area contributed by atoms with Crippen LogP contribution in [0.1, 0.15) is 17.3 Å². The van der Waals surface area contributed by atoms with E-state index in [0.29, 0.717) is 11.3 Å². The predicted octanol–water partition coefficient (Wildman–Crippen LogP) is 1.75. The zero-order chi connectivity index (χ0) is 14.5. The van der Waals surface area contributed by atoms with Gasteiger partial charge in [-0.25, -0.2) is 4.79 Å². The summed E-state index contributed by atoms with van der Waals surface area (Å²) >= 11 is 0. The largest absolute Gasteiger partial charge is 0.465 e. The van der Waals surface area contributed by atoms with Gasteiger partial charge in [-0.15, -0.1) is 0 Å². The molecule has 6 heteroatoms. The van der Waals surface area contributed by atoms with E-state index in [0.717, 1.165) is 12.2 Å². The number of ether oxygens (including phenoxy) is 1. The maximum absolute atomic E-state index is 11.6. The zero-order valence-corrected chi connectivity index (χ0v) is 11.5. The Balaban J connectivity index is 2.07. The normalized spacial score (nSPS) is 11.9. The minimum Gasteiger partial charge on any atom is -0.465 e. The Morgan fingerprint density at radius 3 is 3.00 bits per heavy atom. The molecular formula is C14H18N4O2. The molecule has 0 saturated heterocycles. The number of nitrogens with zero attached hydrogens (tertiary/aromatic N) is 2.